The van der Waals surface area contributed by atoms with Crippen molar-refractivity contribution in [2.75, 3.05) is 6.61 Å². The van der Waals surface area contributed by atoms with E-state index in [0.29, 0.717) is 6.61 Å². The Bertz CT molecular complexity index is 148. The molecule has 0 N–H and O–H groups in total. The molecule has 2 nitrogen and oxygen atoms in total. The van der Waals surface area contributed by atoms with E-state index < -0.39 is 0 Å². The normalized spacial score (nSPS) is 11.4. The maximum atomic E-state index is 10.8. The minimum atomic E-state index is -0.224. The molecule has 2 heteroatoms. The van der Waals surface area contributed by atoms with Gasteiger partial charge < -0.3 is 4.74 Å². The zero-order valence-corrected chi connectivity index (χ0v) is 7.52. The van der Waals surface area contributed by atoms with Crippen LogP contribution in [-0.2, 0) is 9.53 Å². The van der Waals surface area contributed by atoms with Gasteiger partial charge in [-0.25, -0.2) is 4.79 Å². The van der Waals surface area contributed by atoms with Gasteiger partial charge in [-0.2, -0.15) is 0 Å². The van der Waals surface area contributed by atoms with Crippen LogP contribution < -0.4 is 0 Å². The molecule has 0 rings (SSSR count). The summed E-state index contributed by atoms with van der Waals surface area (Å²) in [5.41, 5.74) is 1.09. The highest BCUT2D eigenvalue weighted by atomic mass is 16.5. The highest BCUT2D eigenvalue weighted by molar-refractivity contribution is 5.82. The first kappa shape index (κ1) is 10.2. The highest BCUT2D eigenvalue weighted by Crippen LogP contribution is 2.02. The molecule has 0 aromatic heterocycles. The van der Waals surface area contributed by atoms with Gasteiger partial charge in [0.25, 0.3) is 0 Å². The summed E-state index contributed by atoms with van der Waals surface area (Å²) in [5.74, 6) is -0.224. The molecule has 0 unspecified atom stereocenters. The summed E-state index contributed by atoms with van der Waals surface area (Å²) in [4.78, 5) is 10.8. The van der Waals surface area contributed by atoms with E-state index in [4.69, 9.17) is 4.74 Å². The molecule has 0 saturated carbocycles. The molecule has 0 aliphatic rings. The van der Waals surface area contributed by atoms with Gasteiger partial charge in [-0.1, -0.05) is 18.9 Å². The highest BCUT2D eigenvalue weighted by Gasteiger charge is 1.95. The minimum absolute atomic E-state index is 0.224. The van der Waals surface area contributed by atoms with Gasteiger partial charge in [0.1, 0.15) is 0 Å². The first-order valence-corrected chi connectivity index (χ1v) is 4.04. The standard InChI is InChI=1S/C9H16O2/c1-4-6-8(3)7-9(10)11-5-2/h7H,4-6H2,1-3H3/b8-7+. The van der Waals surface area contributed by atoms with Crippen LogP contribution in [0, 0.1) is 0 Å². The van der Waals surface area contributed by atoms with Crippen LogP contribution in [0.1, 0.15) is 33.6 Å². The van der Waals surface area contributed by atoms with Crippen LogP contribution in [0.4, 0.5) is 0 Å². The van der Waals surface area contributed by atoms with Crippen LogP contribution >= 0.6 is 0 Å². The van der Waals surface area contributed by atoms with Crippen molar-refractivity contribution in [2.24, 2.45) is 0 Å². The van der Waals surface area contributed by atoms with Crippen molar-refractivity contribution < 1.29 is 9.53 Å². The molecule has 64 valence electrons. The van der Waals surface area contributed by atoms with E-state index in [1.807, 2.05) is 6.92 Å². The molecule has 0 fully saturated rings. The lowest BCUT2D eigenvalue weighted by Gasteiger charge is -1.98. The molecule has 11 heavy (non-hydrogen) atoms. The first-order chi connectivity index (χ1) is 5.20. The summed E-state index contributed by atoms with van der Waals surface area (Å²) >= 11 is 0. The third-order valence-electron chi connectivity index (χ3n) is 1.30. The van der Waals surface area contributed by atoms with Crippen LogP contribution in [-0.4, -0.2) is 12.6 Å². The van der Waals surface area contributed by atoms with Gasteiger partial charge in [0.2, 0.25) is 0 Å². The Kier molecular flexibility index (Phi) is 5.53. The van der Waals surface area contributed by atoms with E-state index in [1.165, 1.54) is 0 Å². The number of allylic oxidation sites excluding steroid dienone is 1. The third-order valence-corrected chi connectivity index (χ3v) is 1.30. The molecule has 0 atom stereocenters. The molecule has 0 aliphatic carbocycles. The zero-order chi connectivity index (χ0) is 8.69. The van der Waals surface area contributed by atoms with Crippen molar-refractivity contribution in [3.8, 4) is 0 Å². The van der Waals surface area contributed by atoms with Crippen molar-refractivity contribution in [2.45, 2.75) is 33.6 Å². The first-order valence-electron chi connectivity index (χ1n) is 4.04. The molecular weight excluding hydrogens is 140 g/mol. The lowest BCUT2D eigenvalue weighted by atomic mass is 10.2. The van der Waals surface area contributed by atoms with Gasteiger partial charge in [-0.05, 0) is 20.3 Å². The number of carbonyl (C=O) groups is 1. The number of carbonyl (C=O) groups excluding carboxylic acids is 1. The predicted molar refractivity (Wildman–Crippen MR) is 45.3 cm³/mol. The van der Waals surface area contributed by atoms with Crippen LogP contribution in [0.15, 0.2) is 11.6 Å². The Morgan fingerprint density at radius 2 is 2.09 bits per heavy atom. The number of hydrogen-bond donors (Lipinski definition) is 0. The van der Waals surface area contributed by atoms with Crippen molar-refractivity contribution in [3.63, 3.8) is 0 Å². The Morgan fingerprint density at radius 3 is 2.55 bits per heavy atom. The van der Waals surface area contributed by atoms with Crippen LogP contribution in [0.5, 0.6) is 0 Å². The predicted octanol–water partition coefficient (Wildman–Crippen LogP) is 2.30. The van der Waals surface area contributed by atoms with E-state index in [9.17, 15) is 4.79 Å². The second kappa shape index (κ2) is 5.96. The Balaban J connectivity index is 3.76. The Hall–Kier alpha value is -0.790. The fourth-order valence-corrected chi connectivity index (χ4v) is 0.852. The van der Waals surface area contributed by atoms with Gasteiger partial charge >= 0.3 is 5.97 Å². The summed E-state index contributed by atoms with van der Waals surface area (Å²) in [7, 11) is 0. The second-order valence-corrected chi connectivity index (χ2v) is 2.49. The van der Waals surface area contributed by atoms with Gasteiger partial charge in [0, 0.05) is 6.08 Å². The lowest BCUT2D eigenvalue weighted by molar-refractivity contribution is -0.137. The molecule has 0 aromatic carbocycles. The second-order valence-electron chi connectivity index (χ2n) is 2.49. The number of rotatable bonds is 4. The summed E-state index contributed by atoms with van der Waals surface area (Å²) < 4.78 is 4.74. The molecule has 0 saturated heterocycles. The van der Waals surface area contributed by atoms with E-state index in [2.05, 4.69) is 6.92 Å². The summed E-state index contributed by atoms with van der Waals surface area (Å²) in [6, 6.07) is 0. The molecule has 0 aliphatic heterocycles. The average molecular weight is 156 g/mol. The molecular formula is C9H16O2. The van der Waals surface area contributed by atoms with E-state index in [1.54, 1.807) is 13.0 Å². The lowest BCUT2D eigenvalue weighted by Crippen LogP contribution is -2.00. The minimum Gasteiger partial charge on any atom is -0.463 e. The molecule has 0 spiro atoms. The molecule has 0 heterocycles. The van der Waals surface area contributed by atoms with Crippen molar-refractivity contribution in [1.29, 1.82) is 0 Å². The molecule has 0 bridgehead atoms. The van der Waals surface area contributed by atoms with Crippen molar-refractivity contribution >= 4 is 5.97 Å². The van der Waals surface area contributed by atoms with E-state index in [0.717, 1.165) is 18.4 Å². The average Bonchev–Trinajstić information content (AvgIpc) is 1.87. The number of hydrogen-bond acceptors (Lipinski definition) is 2. The quantitative estimate of drug-likeness (QED) is 0.461. The fraction of sp³-hybridized carbons (Fsp3) is 0.667. The van der Waals surface area contributed by atoms with Crippen molar-refractivity contribution in [1.82, 2.24) is 0 Å². The van der Waals surface area contributed by atoms with Crippen LogP contribution in [0.25, 0.3) is 0 Å². The topological polar surface area (TPSA) is 26.3 Å². The van der Waals surface area contributed by atoms with Crippen LogP contribution in [0.3, 0.4) is 0 Å². The van der Waals surface area contributed by atoms with Gasteiger partial charge in [-0.15, -0.1) is 0 Å². The number of ether oxygens (including phenoxy) is 1. The molecule has 0 aromatic rings. The SMILES string of the molecule is CCC/C(C)=C/C(=O)OCC. The number of esters is 1. The Morgan fingerprint density at radius 1 is 1.45 bits per heavy atom. The van der Waals surface area contributed by atoms with Crippen molar-refractivity contribution in [3.05, 3.63) is 11.6 Å². The van der Waals surface area contributed by atoms with E-state index >= 15 is 0 Å². The Labute approximate surface area is 68.2 Å². The fourth-order valence-electron chi connectivity index (χ4n) is 0.852. The molecule has 0 radical (unpaired) electrons. The van der Waals surface area contributed by atoms with Gasteiger partial charge in [0.05, 0.1) is 6.61 Å². The van der Waals surface area contributed by atoms with Gasteiger partial charge in [-0.3, -0.25) is 0 Å². The zero-order valence-electron chi connectivity index (χ0n) is 7.52. The molecule has 0 amide bonds. The maximum absolute atomic E-state index is 10.8. The smallest absolute Gasteiger partial charge is 0.330 e. The summed E-state index contributed by atoms with van der Waals surface area (Å²) in [6.45, 7) is 6.29. The third kappa shape index (κ3) is 5.64. The monoisotopic (exact) mass is 156 g/mol. The summed E-state index contributed by atoms with van der Waals surface area (Å²) in [5, 5.41) is 0. The van der Waals surface area contributed by atoms with Gasteiger partial charge in [0.15, 0.2) is 0 Å². The summed E-state index contributed by atoms with van der Waals surface area (Å²) in [6.07, 6.45) is 3.60. The van der Waals surface area contributed by atoms with E-state index in [-0.39, 0.29) is 5.97 Å². The maximum Gasteiger partial charge on any atom is 0.330 e. The van der Waals surface area contributed by atoms with Crippen LogP contribution in [0.2, 0.25) is 0 Å². The largest absolute Gasteiger partial charge is 0.463 e.